The topological polar surface area (TPSA) is 58.6 Å². The third-order valence-corrected chi connectivity index (χ3v) is 4.35. The van der Waals surface area contributed by atoms with Gasteiger partial charge in [0.2, 0.25) is 0 Å². The molecule has 6 heteroatoms. The molecule has 1 heterocycles. The van der Waals surface area contributed by atoms with Gasteiger partial charge in [0.1, 0.15) is 17.3 Å². The average Bonchev–Trinajstić information content (AvgIpc) is 2.92. The highest BCUT2D eigenvalue weighted by molar-refractivity contribution is 6.13. The summed E-state index contributed by atoms with van der Waals surface area (Å²) in [5.74, 6) is -0.190. The molecule has 1 saturated heterocycles. The van der Waals surface area contributed by atoms with Gasteiger partial charge in [-0.2, -0.15) is 0 Å². The Balaban J connectivity index is 1.73. The highest BCUT2D eigenvalue weighted by Crippen LogP contribution is 2.20. The van der Waals surface area contributed by atoms with Gasteiger partial charge in [-0.25, -0.2) is 9.18 Å². The van der Waals surface area contributed by atoms with E-state index in [1.807, 2.05) is 38.1 Å². The zero-order chi connectivity index (χ0) is 19.4. The highest BCUT2D eigenvalue weighted by Gasteiger charge is 2.33. The van der Waals surface area contributed by atoms with Crippen LogP contribution in [0.1, 0.15) is 31.4 Å². The van der Waals surface area contributed by atoms with Crippen molar-refractivity contribution in [2.75, 3.05) is 0 Å². The Morgan fingerprint density at radius 2 is 1.85 bits per heavy atom. The van der Waals surface area contributed by atoms with Crippen LogP contribution >= 0.6 is 0 Å². The third-order valence-electron chi connectivity index (χ3n) is 4.35. The Hall–Kier alpha value is -3.15. The Kier molecular flexibility index (Phi) is 5.54. The van der Waals surface area contributed by atoms with Crippen LogP contribution in [0.25, 0.3) is 6.08 Å². The smallest absolute Gasteiger partial charge is 0.329 e. The molecule has 140 valence electrons. The molecule has 0 saturated carbocycles. The Bertz CT molecular complexity index is 877. The maximum absolute atomic E-state index is 13.8. The second kappa shape index (κ2) is 8.03. The number of carbonyl (C=O) groups is 2. The zero-order valence-corrected chi connectivity index (χ0v) is 15.2. The number of ether oxygens (including phenoxy) is 1. The summed E-state index contributed by atoms with van der Waals surface area (Å²) in [4.78, 5) is 25.6. The van der Waals surface area contributed by atoms with Crippen LogP contribution in [0.3, 0.4) is 0 Å². The molecule has 1 N–H and O–H groups in total. The molecule has 1 atom stereocenters. The summed E-state index contributed by atoms with van der Waals surface area (Å²) in [5, 5.41) is 2.54. The molecule has 5 nitrogen and oxygen atoms in total. The molecular weight excluding hydrogens is 347 g/mol. The summed E-state index contributed by atoms with van der Waals surface area (Å²) in [6.45, 7) is 3.92. The van der Waals surface area contributed by atoms with Gasteiger partial charge in [-0.05, 0) is 43.2 Å². The van der Waals surface area contributed by atoms with Crippen molar-refractivity contribution in [3.8, 4) is 5.75 Å². The van der Waals surface area contributed by atoms with E-state index >= 15 is 0 Å². The number of imide groups is 1. The SMILES string of the molecule is CC[C@@H](C)Oc1ccc(/C=C2/NC(=O)N(Cc3ccccc3F)C2=O)cc1. The summed E-state index contributed by atoms with van der Waals surface area (Å²) in [6.07, 6.45) is 2.62. The van der Waals surface area contributed by atoms with Crippen molar-refractivity contribution in [2.45, 2.75) is 32.9 Å². The van der Waals surface area contributed by atoms with Crippen molar-refractivity contribution >= 4 is 18.0 Å². The number of hydrogen-bond donors (Lipinski definition) is 1. The number of hydrogen-bond acceptors (Lipinski definition) is 3. The second-order valence-corrected chi connectivity index (χ2v) is 6.38. The molecular formula is C21H21FN2O3. The summed E-state index contributed by atoms with van der Waals surface area (Å²) in [7, 11) is 0. The van der Waals surface area contributed by atoms with Crippen LogP contribution in [0.5, 0.6) is 5.75 Å². The first kappa shape index (κ1) is 18.6. The van der Waals surface area contributed by atoms with Crippen LogP contribution in [-0.4, -0.2) is 22.9 Å². The molecule has 0 bridgehead atoms. The quantitative estimate of drug-likeness (QED) is 0.617. The lowest BCUT2D eigenvalue weighted by Crippen LogP contribution is -2.30. The fourth-order valence-corrected chi connectivity index (χ4v) is 2.64. The van der Waals surface area contributed by atoms with Crippen molar-refractivity contribution in [3.63, 3.8) is 0 Å². The van der Waals surface area contributed by atoms with Gasteiger partial charge in [0.25, 0.3) is 5.91 Å². The molecule has 0 unspecified atom stereocenters. The lowest BCUT2D eigenvalue weighted by molar-refractivity contribution is -0.123. The molecule has 2 aromatic carbocycles. The third kappa shape index (κ3) is 4.34. The monoisotopic (exact) mass is 368 g/mol. The number of rotatable bonds is 6. The number of halogens is 1. The van der Waals surface area contributed by atoms with E-state index in [9.17, 15) is 14.0 Å². The predicted molar refractivity (Wildman–Crippen MR) is 100 cm³/mol. The highest BCUT2D eigenvalue weighted by atomic mass is 19.1. The predicted octanol–water partition coefficient (Wildman–Crippen LogP) is 4.10. The first-order chi connectivity index (χ1) is 13.0. The first-order valence-corrected chi connectivity index (χ1v) is 8.82. The number of amides is 3. The van der Waals surface area contributed by atoms with Gasteiger partial charge >= 0.3 is 6.03 Å². The van der Waals surface area contributed by atoms with Gasteiger partial charge in [-0.15, -0.1) is 0 Å². The number of benzene rings is 2. The summed E-state index contributed by atoms with van der Waals surface area (Å²) in [5.41, 5.74) is 1.20. The maximum Gasteiger partial charge on any atom is 0.329 e. The van der Waals surface area contributed by atoms with E-state index in [1.54, 1.807) is 24.3 Å². The lowest BCUT2D eigenvalue weighted by Gasteiger charge is -2.12. The normalized spacial score (nSPS) is 16.6. The largest absolute Gasteiger partial charge is 0.491 e. The van der Waals surface area contributed by atoms with E-state index in [2.05, 4.69) is 5.32 Å². The molecule has 0 radical (unpaired) electrons. The molecule has 27 heavy (non-hydrogen) atoms. The molecule has 0 aliphatic carbocycles. The fourth-order valence-electron chi connectivity index (χ4n) is 2.64. The number of nitrogens with zero attached hydrogens (tertiary/aromatic N) is 1. The van der Waals surface area contributed by atoms with Gasteiger partial charge in [-0.3, -0.25) is 9.69 Å². The summed E-state index contributed by atoms with van der Waals surface area (Å²) < 4.78 is 19.5. The van der Waals surface area contributed by atoms with E-state index in [0.29, 0.717) is 0 Å². The van der Waals surface area contributed by atoms with Crippen molar-refractivity contribution in [3.05, 3.63) is 71.2 Å². The van der Waals surface area contributed by atoms with Crippen LogP contribution in [-0.2, 0) is 11.3 Å². The average molecular weight is 368 g/mol. The minimum Gasteiger partial charge on any atom is -0.491 e. The minimum atomic E-state index is -0.564. The van der Waals surface area contributed by atoms with Gasteiger partial charge in [0.15, 0.2) is 0 Å². The summed E-state index contributed by atoms with van der Waals surface area (Å²) >= 11 is 0. The maximum atomic E-state index is 13.8. The first-order valence-electron chi connectivity index (χ1n) is 8.82. The van der Waals surface area contributed by atoms with Crippen molar-refractivity contribution in [2.24, 2.45) is 0 Å². The number of nitrogens with one attached hydrogen (secondary N) is 1. The van der Waals surface area contributed by atoms with E-state index in [-0.39, 0.29) is 23.9 Å². The van der Waals surface area contributed by atoms with E-state index in [4.69, 9.17) is 4.74 Å². The van der Waals surface area contributed by atoms with E-state index in [1.165, 1.54) is 6.07 Å². The Morgan fingerprint density at radius 3 is 2.52 bits per heavy atom. The molecule has 0 spiro atoms. The number of carbonyl (C=O) groups excluding carboxylic acids is 2. The van der Waals surface area contributed by atoms with Crippen LogP contribution in [0.2, 0.25) is 0 Å². The van der Waals surface area contributed by atoms with Crippen LogP contribution < -0.4 is 10.1 Å². The molecule has 3 rings (SSSR count). The van der Waals surface area contributed by atoms with E-state index < -0.39 is 17.8 Å². The van der Waals surface area contributed by atoms with Crippen molar-refractivity contribution in [1.29, 1.82) is 0 Å². The van der Waals surface area contributed by atoms with Crippen LogP contribution in [0.4, 0.5) is 9.18 Å². The van der Waals surface area contributed by atoms with Crippen molar-refractivity contribution < 1.29 is 18.7 Å². The minimum absolute atomic E-state index is 0.115. The molecule has 1 aliphatic rings. The number of urea groups is 1. The standard InChI is InChI=1S/C21H21FN2O3/c1-3-14(2)27-17-10-8-15(9-11-17)12-19-20(25)24(21(26)23-19)13-16-6-4-5-7-18(16)22/h4-12,14H,3,13H2,1-2H3,(H,23,26)/b19-12+/t14-/m1/s1. The van der Waals surface area contributed by atoms with Gasteiger partial charge in [0, 0.05) is 5.56 Å². The van der Waals surface area contributed by atoms with E-state index in [0.717, 1.165) is 22.6 Å². The van der Waals surface area contributed by atoms with Crippen LogP contribution in [0, 0.1) is 5.82 Å². The van der Waals surface area contributed by atoms with Gasteiger partial charge in [0.05, 0.1) is 12.6 Å². The molecule has 2 aromatic rings. The summed E-state index contributed by atoms with van der Waals surface area (Å²) in [6, 6.07) is 12.8. The van der Waals surface area contributed by atoms with Gasteiger partial charge in [-0.1, -0.05) is 37.3 Å². The zero-order valence-electron chi connectivity index (χ0n) is 15.2. The molecule has 0 aromatic heterocycles. The molecule has 3 amide bonds. The van der Waals surface area contributed by atoms with Gasteiger partial charge < -0.3 is 10.1 Å². The molecule has 1 aliphatic heterocycles. The molecule has 1 fully saturated rings. The Morgan fingerprint density at radius 1 is 1.15 bits per heavy atom. The second-order valence-electron chi connectivity index (χ2n) is 6.38. The Labute approximate surface area is 157 Å². The van der Waals surface area contributed by atoms with Crippen molar-refractivity contribution in [1.82, 2.24) is 10.2 Å². The lowest BCUT2D eigenvalue weighted by atomic mass is 10.1. The van der Waals surface area contributed by atoms with Crippen LogP contribution in [0.15, 0.2) is 54.2 Å². The fraction of sp³-hybridized carbons (Fsp3) is 0.238.